The molecule has 1 aromatic carbocycles. The second-order valence-corrected chi connectivity index (χ2v) is 5.58. The van der Waals surface area contributed by atoms with E-state index < -0.39 is 11.9 Å². The Labute approximate surface area is 128 Å². The van der Waals surface area contributed by atoms with Gasteiger partial charge in [-0.3, -0.25) is 14.4 Å². The molecule has 0 aromatic heterocycles. The highest BCUT2D eigenvalue weighted by molar-refractivity contribution is 6.09. The van der Waals surface area contributed by atoms with Crippen LogP contribution in [0.1, 0.15) is 48.2 Å². The van der Waals surface area contributed by atoms with Crippen molar-refractivity contribution < 1.29 is 18.8 Å². The monoisotopic (exact) mass is 306 g/mol. The van der Waals surface area contributed by atoms with Crippen LogP contribution in [0.25, 0.3) is 0 Å². The Bertz CT molecular complexity index is 655. The summed E-state index contributed by atoms with van der Waals surface area (Å²) >= 11 is 0. The van der Waals surface area contributed by atoms with Crippen molar-refractivity contribution in [3.05, 3.63) is 28.6 Å². The van der Waals surface area contributed by atoms with Crippen molar-refractivity contribution in [1.29, 1.82) is 0 Å². The van der Waals surface area contributed by atoms with Crippen LogP contribution in [-0.2, 0) is 16.0 Å². The van der Waals surface area contributed by atoms with Gasteiger partial charge >= 0.3 is 0 Å². The van der Waals surface area contributed by atoms with Gasteiger partial charge in [-0.2, -0.15) is 0 Å². The number of benzene rings is 1. The Morgan fingerprint density at radius 3 is 2.55 bits per heavy atom. The van der Waals surface area contributed by atoms with Gasteiger partial charge in [-0.05, 0) is 43.4 Å². The number of hydrogen-bond donors (Lipinski definition) is 2. The normalized spacial score (nSPS) is 17.5. The van der Waals surface area contributed by atoms with E-state index in [0.717, 1.165) is 0 Å². The Morgan fingerprint density at radius 2 is 1.95 bits per heavy atom. The van der Waals surface area contributed by atoms with Gasteiger partial charge in [0.2, 0.25) is 11.8 Å². The van der Waals surface area contributed by atoms with E-state index in [9.17, 15) is 18.8 Å². The summed E-state index contributed by atoms with van der Waals surface area (Å²) in [5.41, 5.74) is 1.51. The van der Waals surface area contributed by atoms with Crippen LogP contribution >= 0.6 is 0 Å². The molecule has 5 nitrogen and oxygen atoms in total. The Balaban J connectivity index is 2.57. The van der Waals surface area contributed by atoms with Gasteiger partial charge < -0.3 is 10.6 Å². The minimum Gasteiger partial charge on any atom is -0.346 e. The molecule has 1 atom stereocenters. The van der Waals surface area contributed by atoms with E-state index in [4.69, 9.17) is 0 Å². The lowest BCUT2D eigenvalue weighted by Gasteiger charge is -2.18. The van der Waals surface area contributed by atoms with E-state index in [-0.39, 0.29) is 23.3 Å². The topological polar surface area (TPSA) is 75.3 Å². The highest BCUT2D eigenvalue weighted by atomic mass is 19.1. The largest absolute Gasteiger partial charge is 0.346 e. The van der Waals surface area contributed by atoms with E-state index >= 15 is 0 Å². The molecule has 0 saturated heterocycles. The molecule has 0 radical (unpaired) electrons. The summed E-state index contributed by atoms with van der Waals surface area (Å²) in [5, 5.41) is 5.15. The number of carbonyl (C=O) groups is 3. The number of ketones is 1. The molecule has 0 heterocycles. The third-order valence-electron chi connectivity index (χ3n) is 3.82. The van der Waals surface area contributed by atoms with Crippen molar-refractivity contribution in [3.63, 3.8) is 0 Å². The zero-order valence-electron chi connectivity index (χ0n) is 12.9. The molecule has 0 saturated carbocycles. The Morgan fingerprint density at radius 1 is 1.27 bits per heavy atom. The fourth-order valence-electron chi connectivity index (χ4n) is 2.85. The Hall–Kier alpha value is -2.24. The van der Waals surface area contributed by atoms with Gasteiger partial charge in [0, 0.05) is 19.4 Å². The lowest BCUT2D eigenvalue weighted by molar-refractivity contribution is -0.119. The number of fused-ring (bicyclic) bond motifs is 1. The van der Waals surface area contributed by atoms with Gasteiger partial charge in [-0.15, -0.1) is 0 Å². The van der Waals surface area contributed by atoms with Crippen LogP contribution in [0.4, 0.5) is 10.1 Å². The van der Waals surface area contributed by atoms with Crippen molar-refractivity contribution in [2.24, 2.45) is 0 Å². The summed E-state index contributed by atoms with van der Waals surface area (Å²) in [6.45, 7) is 4.28. The number of amides is 2. The van der Waals surface area contributed by atoms with Gasteiger partial charge in [-0.25, -0.2) is 4.39 Å². The van der Waals surface area contributed by atoms with Crippen LogP contribution in [0.15, 0.2) is 6.07 Å². The molecule has 0 aliphatic heterocycles. The van der Waals surface area contributed by atoms with Crippen LogP contribution in [0.2, 0.25) is 0 Å². The molecule has 2 rings (SSSR count). The zero-order valence-corrected chi connectivity index (χ0v) is 12.9. The van der Waals surface area contributed by atoms with Gasteiger partial charge in [0.25, 0.3) is 0 Å². The molecule has 0 fully saturated rings. The van der Waals surface area contributed by atoms with Gasteiger partial charge in [0.05, 0.1) is 11.7 Å². The maximum atomic E-state index is 14.1. The number of halogens is 1. The van der Waals surface area contributed by atoms with Crippen molar-refractivity contribution >= 4 is 23.3 Å². The number of anilines is 1. The molecule has 2 N–H and O–H groups in total. The molecule has 1 unspecified atom stereocenters. The van der Waals surface area contributed by atoms with Crippen LogP contribution in [0.3, 0.4) is 0 Å². The number of hydrogen-bond acceptors (Lipinski definition) is 3. The maximum absolute atomic E-state index is 14.1. The first kappa shape index (κ1) is 16.1. The second-order valence-electron chi connectivity index (χ2n) is 5.58. The van der Waals surface area contributed by atoms with E-state index in [0.29, 0.717) is 36.0 Å². The number of carbonyl (C=O) groups excluding carboxylic acids is 3. The first-order chi connectivity index (χ1) is 10.3. The zero-order chi connectivity index (χ0) is 16.4. The molecular formula is C16H19FN2O3. The summed E-state index contributed by atoms with van der Waals surface area (Å²) in [4.78, 5) is 35.4. The summed E-state index contributed by atoms with van der Waals surface area (Å²) in [5.74, 6) is -1.40. The molecule has 2 amide bonds. The number of Topliss-reactive ketones (excluding diaryl/α,β-unsaturated/α-hetero) is 1. The van der Waals surface area contributed by atoms with Gasteiger partial charge in [-0.1, -0.05) is 0 Å². The highest BCUT2D eigenvalue weighted by Gasteiger charge is 2.30. The van der Waals surface area contributed by atoms with Gasteiger partial charge in [0.15, 0.2) is 5.78 Å². The summed E-state index contributed by atoms with van der Waals surface area (Å²) in [7, 11) is 0. The molecule has 22 heavy (non-hydrogen) atoms. The third kappa shape index (κ3) is 3.16. The van der Waals surface area contributed by atoms with E-state index in [1.165, 1.54) is 19.9 Å². The molecule has 1 aliphatic rings. The molecule has 1 aromatic rings. The smallest absolute Gasteiger partial charge is 0.221 e. The average molecular weight is 306 g/mol. The van der Waals surface area contributed by atoms with Crippen molar-refractivity contribution in [2.75, 3.05) is 5.32 Å². The third-order valence-corrected chi connectivity index (χ3v) is 3.82. The lowest BCUT2D eigenvalue weighted by Crippen LogP contribution is -2.39. The predicted molar refractivity (Wildman–Crippen MR) is 80.3 cm³/mol. The first-order valence-electron chi connectivity index (χ1n) is 7.22. The highest BCUT2D eigenvalue weighted by Crippen LogP contribution is 2.32. The minimum absolute atomic E-state index is 0.174. The van der Waals surface area contributed by atoms with Gasteiger partial charge in [0.1, 0.15) is 5.82 Å². The quantitative estimate of drug-likeness (QED) is 0.822. The predicted octanol–water partition coefficient (Wildman–Crippen LogP) is 2.12. The SMILES string of the molecule is CC(=O)Nc1cc(F)c(C)c2c1C(=O)C(NC(C)=O)CCC2. The van der Waals surface area contributed by atoms with Crippen LogP contribution in [0, 0.1) is 12.7 Å². The molecule has 1 aliphatic carbocycles. The van der Waals surface area contributed by atoms with Crippen LogP contribution < -0.4 is 10.6 Å². The Kier molecular flexibility index (Phi) is 4.59. The second kappa shape index (κ2) is 6.25. The lowest BCUT2D eigenvalue weighted by atomic mass is 9.94. The average Bonchev–Trinajstić information content (AvgIpc) is 2.55. The summed E-state index contributed by atoms with van der Waals surface area (Å²) in [6.07, 6.45) is 1.69. The minimum atomic E-state index is -0.642. The standard InChI is InChI=1S/C16H19FN2O3/c1-8-11-5-4-6-13(18-9(2)20)16(22)15(11)14(7-12(8)17)19-10(3)21/h7,13H,4-6H2,1-3H3,(H,18,20)(H,19,21). The van der Waals surface area contributed by atoms with Crippen LogP contribution in [-0.4, -0.2) is 23.6 Å². The van der Waals surface area contributed by atoms with E-state index in [1.807, 2.05) is 0 Å². The van der Waals surface area contributed by atoms with Crippen molar-refractivity contribution in [2.45, 2.75) is 46.1 Å². The maximum Gasteiger partial charge on any atom is 0.221 e. The fourth-order valence-corrected chi connectivity index (χ4v) is 2.85. The van der Waals surface area contributed by atoms with Crippen LogP contribution in [0.5, 0.6) is 0 Å². The fraction of sp³-hybridized carbons (Fsp3) is 0.438. The molecular weight excluding hydrogens is 287 g/mol. The first-order valence-corrected chi connectivity index (χ1v) is 7.22. The van der Waals surface area contributed by atoms with E-state index in [2.05, 4.69) is 10.6 Å². The van der Waals surface area contributed by atoms with E-state index in [1.54, 1.807) is 6.92 Å². The summed E-state index contributed by atoms with van der Waals surface area (Å²) < 4.78 is 14.1. The van der Waals surface area contributed by atoms with Crippen molar-refractivity contribution in [1.82, 2.24) is 5.32 Å². The molecule has 118 valence electrons. The van der Waals surface area contributed by atoms with Crippen molar-refractivity contribution in [3.8, 4) is 0 Å². The number of rotatable bonds is 2. The number of nitrogens with one attached hydrogen (secondary N) is 2. The molecule has 0 spiro atoms. The molecule has 6 heteroatoms. The molecule has 0 bridgehead atoms. The summed E-state index contributed by atoms with van der Waals surface area (Å²) in [6, 6.07) is 0.528.